The van der Waals surface area contributed by atoms with Crippen molar-refractivity contribution >= 4 is 71.1 Å². The number of hydrogen-bond donors (Lipinski definition) is 16. The van der Waals surface area contributed by atoms with Crippen molar-refractivity contribution in [2.24, 2.45) is 27.9 Å². The first kappa shape index (κ1) is 52.3. The third-order valence-electron chi connectivity index (χ3n) is 7.68. The van der Waals surface area contributed by atoms with Gasteiger partial charge in [0.15, 0.2) is 5.96 Å². The predicted octanol–water partition coefficient (Wildman–Crippen LogP) is -8.91. The Morgan fingerprint density at radius 2 is 1.10 bits per heavy atom. The number of carboxylic acids is 3. The number of hydrogen-bond acceptors (Lipinski definition) is 15. The van der Waals surface area contributed by atoms with E-state index in [0.717, 1.165) is 6.92 Å². The van der Waals surface area contributed by atoms with Gasteiger partial charge < -0.3 is 85.7 Å². The van der Waals surface area contributed by atoms with E-state index in [1.54, 1.807) is 0 Å². The molecular formula is C31H52N12O16. The van der Waals surface area contributed by atoms with E-state index < -0.39 is 159 Å². The number of aliphatic hydroxyl groups excluding tert-OH is 2. The van der Waals surface area contributed by atoms with Crippen LogP contribution in [0, 0.1) is 0 Å². The molecule has 8 amide bonds. The van der Waals surface area contributed by atoms with E-state index in [2.05, 4.69) is 36.9 Å². The van der Waals surface area contributed by atoms with E-state index in [1.165, 1.54) is 0 Å². The maximum atomic E-state index is 13.3. The van der Waals surface area contributed by atoms with Crippen molar-refractivity contribution in [3.8, 4) is 0 Å². The van der Waals surface area contributed by atoms with Gasteiger partial charge >= 0.3 is 17.9 Å². The average molecular weight is 849 g/mol. The van der Waals surface area contributed by atoms with Crippen LogP contribution in [-0.2, 0) is 52.7 Å². The lowest BCUT2D eigenvalue weighted by molar-refractivity contribution is -0.144. The molecule has 0 aliphatic heterocycles. The van der Waals surface area contributed by atoms with Gasteiger partial charge in [-0.25, -0.2) is 4.79 Å². The number of nitrogens with two attached hydrogens (primary N) is 4. The van der Waals surface area contributed by atoms with Crippen LogP contribution in [0.4, 0.5) is 0 Å². The number of nitrogens with zero attached hydrogens (tertiary/aromatic N) is 1. The number of amides is 8. The van der Waals surface area contributed by atoms with Gasteiger partial charge in [-0.2, -0.15) is 0 Å². The second-order valence-electron chi connectivity index (χ2n) is 12.6. The zero-order valence-electron chi connectivity index (χ0n) is 31.8. The molecule has 0 aromatic rings. The van der Waals surface area contributed by atoms with Crippen molar-refractivity contribution in [1.82, 2.24) is 37.2 Å². The van der Waals surface area contributed by atoms with Crippen LogP contribution in [0.5, 0.6) is 0 Å². The third kappa shape index (κ3) is 22.0. The van der Waals surface area contributed by atoms with Gasteiger partial charge in [-0.1, -0.05) is 0 Å². The highest BCUT2D eigenvalue weighted by molar-refractivity contribution is 5.98. The summed E-state index contributed by atoms with van der Waals surface area (Å²) in [6.45, 7) is -1.43. The minimum absolute atomic E-state index is 0.0307. The SMILES string of the molecule is C[C@@H](O)[C@H](NC(=O)CNC(=O)[C@H](CC(N)=O)NC(=O)[C@H](CCCN=C(N)N)NC(=O)[C@H](CO)NC(=O)CN)C(=O)N[C@@H](CCC(=O)O)C(=O)N[C@@H](CCC(=O)O)C(=O)O. The normalized spacial score (nSPS) is 14.2. The maximum absolute atomic E-state index is 13.3. The lowest BCUT2D eigenvalue weighted by Crippen LogP contribution is -2.60. The summed E-state index contributed by atoms with van der Waals surface area (Å²) in [5.41, 5.74) is 21.0. The summed E-state index contributed by atoms with van der Waals surface area (Å²) >= 11 is 0. The van der Waals surface area contributed by atoms with Crippen LogP contribution in [0.25, 0.3) is 0 Å². The predicted molar refractivity (Wildman–Crippen MR) is 198 cm³/mol. The van der Waals surface area contributed by atoms with E-state index in [-0.39, 0.29) is 25.3 Å². The summed E-state index contributed by atoms with van der Waals surface area (Å²) in [5.74, 6) is -13.7. The fourth-order valence-corrected chi connectivity index (χ4v) is 4.69. The van der Waals surface area contributed by atoms with Crippen LogP contribution in [0.15, 0.2) is 4.99 Å². The van der Waals surface area contributed by atoms with E-state index in [4.69, 9.17) is 33.1 Å². The number of carbonyl (C=O) groups is 11. The number of aliphatic imine (C=N–C) groups is 1. The van der Waals surface area contributed by atoms with Crippen LogP contribution in [-0.4, -0.2) is 165 Å². The first-order chi connectivity index (χ1) is 27.5. The molecule has 0 fully saturated rings. The van der Waals surface area contributed by atoms with E-state index >= 15 is 0 Å². The first-order valence-corrected chi connectivity index (χ1v) is 17.6. The molecule has 0 aromatic heterocycles. The molecule has 0 radical (unpaired) electrons. The molecule has 0 bridgehead atoms. The highest BCUT2D eigenvalue weighted by atomic mass is 16.4. The van der Waals surface area contributed by atoms with Crippen molar-refractivity contribution in [2.75, 3.05) is 26.2 Å². The van der Waals surface area contributed by atoms with Gasteiger partial charge in [-0.3, -0.25) is 52.9 Å². The molecular weight excluding hydrogens is 796 g/mol. The summed E-state index contributed by atoms with van der Waals surface area (Å²) in [4.78, 5) is 139. The minimum atomic E-state index is -1.89. The molecule has 0 aromatic carbocycles. The van der Waals surface area contributed by atoms with Gasteiger partial charge in [0.05, 0.1) is 32.2 Å². The minimum Gasteiger partial charge on any atom is -0.481 e. The van der Waals surface area contributed by atoms with Crippen molar-refractivity contribution in [3.05, 3.63) is 0 Å². The number of aliphatic carboxylic acids is 3. The highest BCUT2D eigenvalue weighted by Crippen LogP contribution is 2.06. The Kier molecular flexibility index (Phi) is 24.0. The largest absolute Gasteiger partial charge is 0.481 e. The van der Waals surface area contributed by atoms with Gasteiger partial charge in [-0.15, -0.1) is 0 Å². The monoisotopic (exact) mass is 848 g/mol. The van der Waals surface area contributed by atoms with Crippen molar-refractivity contribution in [3.63, 3.8) is 0 Å². The Bertz CT molecular complexity index is 1570. The number of carbonyl (C=O) groups excluding carboxylic acids is 8. The number of aliphatic hydroxyl groups is 2. The fraction of sp³-hybridized carbons (Fsp3) is 0.613. The van der Waals surface area contributed by atoms with Gasteiger partial charge in [-0.05, 0) is 32.6 Å². The molecule has 28 nitrogen and oxygen atoms in total. The molecule has 59 heavy (non-hydrogen) atoms. The number of carboxylic acid groups (broad SMARTS) is 3. The topological polar surface area (TPSA) is 490 Å². The summed E-state index contributed by atoms with van der Waals surface area (Å²) < 4.78 is 0. The number of guanidine groups is 1. The Hall–Kier alpha value is -6.68. The van der Waals surface area contributed by atoms with Gasteiger partial charge in [0.2, 0.25) is 47.3 Å². The van der Waals surface area contributed by atoms with Crippen LogP contribution in [0.2, 0.25) is 0 Å². The number of nitrogens with one attached hydrogen (secondary N) is 7. The molecule has 0 spiro atoms. The zero-order chi connectivity index (χ0) is 45.4. The number of rotatable bonds is 29. The third-order valence-corrected chi connectivity index (χ3v) is 7.68. The second-order valence-corrected chi connectivity index (χ2v) is 12.6. The van der Waals surface area contributed by atoms with Crippen molar-refractivity contribution in [1.29, 1.82) is 0 Å². The van der Waals surface area contributed by atoms with Crippen molar-refractivity contribution in [2.45, 2.75) is 94.2 Å². The highest BCUT2D eigenvalue weighted by Gasteiger charge is 2.33. The van der Waals surface area contributed by atoms with Gasteiger partial charge in [0, 0.05) is 19.4 Å². The quantitative estimate of drug-likeness (QED) is 0.0189. The average Bonchev–Trinajstić information content (AvgIpc) is 3.14. The smallest absolute Gasteiger partial charge is 0.326 e. The number of primary amides is 1. The lowest BCUT2D eigenvalue weighted by Gasteiger charge is -2.26. The Morgan fingerprint density at radius 1 is 0.610 bits per heavy atom. The van der Waals surface area contributed by atoms with E-state index in [0.29, 0.717) is 0 Å². The summed E-state index contributed by atoms with van der Waals surface area (Å²) in [6.07, 6.45) is -5.29. The van der Waals surface area contributed by atoms with E-state index in [9.17, 15) is 68.1 Å². The lowest BCUT2D eigenvalue weighted by atomic mass is 10.1. The summed E-state index contributed by atoms with van der Waals surface area (Å²) in [5, 5.41) is 62.0. The van der Waals surface area contributed by atoms with Crippen LogP contribution in [0.3, 0.4) is 0 Å². The van der Waals surface area contributed by atoms with Crippen LogP contribution in [0.1, 0.15) is 51.9 Å². The van der Waals surface area contributed by atoms with E-state index in [1.807, 2.05) is 5.32 Å². The van der Waals surface area contributed by atoms with Gasteiger partial charge in [0.1, 0.15) is 36.3 Å². The summed E-state index contributed by atoms with van der Waals surface area (Å²) in [6, 6.07) is -10.2. The molecule has 20 N–H and O–H groups in total. The molecule has 0 unspecified atom stereocenters. The summed E-state index contributed by atoms with van der Waals surface area (Å²) in [7, 11) is 0. The van der Waals surface area contributed by atoms with Crippen molar-refractivity contribution < 1.29 is 78.3 Å². The Labute approximate surface area is 335 Å². The molecule has 0 rings (SSSR count). The zero-order valence-corrected chi connectivity index (χ0v) is 31.8. The molecule has 332 valence electrons. The molecule has 7 atom stereocenters. The van der Waals surface area contributed by atoms with Crippen LogP contribution < -0.4 is 60.2 Å². The Balaban J connectivity index is 5.97. The first-order valence-electron chi connectivity index (χ1n) is 17.6. The molecule has 0 saturated carbocycles. The Morgan fingerprint density at radius 3 is 1.58 bits per heavy atom. The fourth-order valence-electron chi connectivity index (χ4n) is 4.69. The second kappa shape index (κ2) is 27.0. The van der Waals surface area contributed by atoms with Gasteiger partial charge in [0.25, 0.3) is 0 Å². The van der Waals surface area contributed by atoms with Crippen LogP contribution >= 0.6 is 0 Å². The standard InChI is InChI=1S/C31H52N12O16/c1-13(45)24(29(57)40-15(4-6-22(49)50)27(55)41-16(30(58)59)5-7-23(51)52)43-21(48)11-37-25(53)17(9-19(33)46)42-26(54)14(3-2-8-36-31(34)35)39-28(56)18(12-44)38-20(47)10-32/h13-18,24,44-45H,2-12,32H2,1H3,(H2,33,46)(H,37,53)(H,38,47)(H,39,56)(H,40,57)(H,41,55)(H,42,54)(H,43,48)(H,49,50)(H,51,52)(H,58,59)(H4,34,35,36)/t13-,14+,15+,16+,17+,18+,24+/m1/s1. The molecule has 28 heteroatoms. The molecule has 0 aliphatic rings. The molecule has 0 aliphatic carbocycles. The molecule has 0 saturated heterocycles. The molecule has 0 heterocycles. The maximum Gasteiger partial charge on any atom is 0.326 e.